The lowest BCUT2D eigenvalue weighted by atomic mass is 9.81. The first kappa shape index (κ1) is 8.60. The lowest BCUT2D eigenvalue weighted by Crippen LogP contribution is -2.52. The molecule has 0 aromatic heterocycles. The third-order valence-electron chi connectivity index (χ3n) is 2.26. The largest absolute Gasteiger partial charge is 0.389 e. The van der Waals surface area contributed by atoms with Crippen LogP contribution in [0.2, 0.25) is 0 Å². The predicted octanol–water partition coefficient (Wildman–Crippen LogP) is 1.11. The standard InChI is InChI=1S/C9H18N2/c1-8(2)11-5-4-9(3)6-10-7-9/h10-11H,1,4-7H2,2-3H3. The van der Waals surface area contributed by atoms with E-state index in [9.17, 15) is 0 Å². The van der Waals surface area contributed by atoms with Crippen LogP contribution in [0.25, 0.3) is 0 Å². The summed E-state index contributed by atoms with van der Waals surface area (Å²) in [6.07, 6.45) is 1.24. The Morgan fingerprint density at radius 2 is 2.27 bits per heavy atom. The Kier molecular flexibility index (Phi) is 2.55. The minimum absolute atomic E-state index is 0.544. The van der Waals surface area contributed by atoms with Crippen LogP contribution in [0.4, 0.5) is 0 Å². The summed E-state index contributed by atoms with van der Waals surface area (Å²) in [5.74, 6) is 0. The molecule has 1 aliphatic rings. The maximum atomic E-state index is 3.79. The van der Waals surface area contributed by atoms with E-state index in [-0.39, 0.29) is 0 Å². The SMILES string of the molecule is C=C(C)NCCC1(C)CNC1. The van der Waals surface area contributed by atoms with E-state index in [0.717, 1.165) is 12.2 Å². The zero-order valence-corrected chi connectivity index (χ0v) is 7.54. The minimum Gasteiger partial charge on any atom is -0.389 e. The first-order valence-corrected chi connectivity index (χ1v) is 4.22. The highest BCUT2D eigenvalue weighted by molar-refractivity contribution is 4.91. The fourth-order valence-corrected chi connectivity index (χ4v) is 1.31. The van der Waals surface area contributed by atoms with Gasteiger partial charge in [0, 0.05) is 25.3 Å². The molecule has 0 radical (unpaired) electrons. The van der Waals surface area contributed by atoms with Crippen molar-refractivity contribution in [1.82, 2.24) is 10.6 Å². The second-order valence-corrected chi connectivity index (χ2v) is 3.87. The highest BCUT2D eigenvalue weighted by Crippen LogP contribution is 2.24. The third-order valence-corrected chi connectivity index (χ3v) is 2.26. The zero-order valence-electron chi connectivity index (χ0n) is 7.54. The van der Waals surface area contributed by atoms with Gasteiger partial charge in [-0.15, -0.1) is 0 Å². The Morgan fingerprint density at radius 1 is 1.64 bits per heavy atom. The Bertz CT molecular complexity index is 148. The number of hydrogen-bond acceptors (Lipinski definition) is 2. The summed E-state index contributed by atoms with van der Waals surface area (Å²) in [6, 6.07) is 0. The second kappa shape index (κ2) is 3.26. The van der Waals surface area contributed by atoms with Gasteiger partial charge in [-0.2, -0.15) is 0 Å². The molecule has 0 atom stereocenters. The molecule has 0 aliphatic carbocycles. The van der Waals surface area contributed by atoms with Crippen LogP contribution in [-0.4, -0.2) is 19.6 Å². The second-order valence-electron chi connectivity index (χ2n) is 3.87. The number of allylic oxidation sites excluding steroid dienone is 1. The monoisotopic (exact) mass is 154 g/mol. The molecule has 0 aromatic rings. The van der Waals surface area contributed by atoms with Crippen LogP contribution in [0.3, 0.4) is 0 Å². The molecule has 2 nitrogen and oxygen atoms in total. The van der Waals surface area contributed by atoms with Crippen molar-refractivity contribution in [3.05, 3.63) is 12.3 Å². The summed E-state index contributed by atoms with van der Waals surface area (Å²) in [5.41, 5.74) is 1.61. The lowest BCUT2D eigenvalue weighted by Gasteiger charge is -2.39. The highest BCUT2D eigenvalue weighted by atomic mass is 15.0. The molecule has 1 saturated heterocycles. The van der Waals surface area contributed by atoms with Crippen LogP contribution in [0.1, 0.15) is 20.3 Å². The van der Waals surface area contributed by atoms with Gasteiger partial charge >= 0.3 is 0 Å². The van der Waals surface area contributed by atoms with Crippen molar-refractivity contribution in [3.63, 3.8) is 0 Å². The van der Waals surface area contributed by atoms with Gasteiger partial charge in [0.25, 0.3) is 0 Å². The zero-order chi connectivity index (χ0) is 8.32. The van der Waals surface area contributed by atoms with Crippen molar-refractivity contribution in [1.29, 1.82) is 0 Å². The van der Waals surface area contributed by atoms with Crippen LogP contribution in [0.5, 0.6) is 0 Å². The van der Waals surface area contributed by atoms with Crippen molar-refractivity contribution in [2.75, 3.05) is 19.6 Å². The molecule has 0 bridgehead atoms. The molecule has 1 rings (SSSR count). The molecule has 1 fully saturated rings. The summed E-state index contributed by atoms with van der Waals surface area (Å²) in [5, 5.41) is 6.54. The normalized spacial score (nSPS) is 20.5. The van der Waals surface area contributed by atoms with Crippen molar-refractivity contribution < 1.29 is 0 Å². The van der Waals surface area contributed by atoms with Crippen molar-refractivity contribution in [2.24, 2.45) is 5.41 Å². The molecule has 1 aliphatic heterocycles. The fraction of sp³-hybridized carbons (Fsp3) is 0.778. The van der Waals surface area contributed by atoms with E-state index in [2.05, 4.69) is 24.1 Å². The Morgan fingerprint density at radius 3 is 2.64 bits per heavy atom. The topological polar surface area (TPSA) is 24.1 Å². The van der Waals surface area contributed by atoms with Gasteiger partial charge in [0.05, 0.1) is 0 Å². The van der Waals surface area contributed by atoms with Crippen LogP contribution < -0.4 is 10.6 Å². The van der Waals surface area contributed by atoms with E-state index in [0.29, 0.717) is 5.41 Å². The smallest absolute Gasteiger partial charge is 0.0149 e. The van der Waals surface area contributed by atoms with E-state index >= 15 is 0 Å². The number of rotatable bonds is 4. The Hall–Kier alpha value is -0.500. The molecular weight excluding hydrogens is 136 g/mol. The van der Waals surface area contributed by atoms with Crippen LogP contribution in [0.15, 0.2) is 12.3 Å². The fourth-order valence-electron chi connectivity index (χ4n) is 1.31. The molecule has 0 amide bonds. The van der Waals surface area contributed by atoms with E-state index < -0.39 is 0 Å². The highest BCUT2D eigenvalue weighted by Gasteiger charge is 2.30. The lowest BCUT2D eigenvalue weighted by molar-refractivity contribution is 0.180. The van der Waals surface area contributed by atoms with Crippen LogP contribution in [-0.2, 0) is 0 Å². The third kappa shape index (κ3) is 2.54. The molecule has 2 N–H and O–H groups in total. The molecule has 64 valence electrons. The van der Waals surface area contributed by atoms with Crippen molar-refractivity contribution >= 4 is 0 Å². The van der Waals surface area contributed by atoms with Gasteiger partial charge < -0.3 is 10.6 Å². The van der Waals surface area contributed by atoms with Gasteiger partial charge in [-0.3, -0.25) is 0 Å². The number of hydrogen-bond donors (Lipinski definition) is 2. The molecule has 0 aromatic carbocycles. The molecule has 0 saturated carbocycles. The maximum Gasteiger partial charge on any atom is 0.0149 e. The van der Waals surface area contributed by atoms with E-state index in [1.54, 1.807) is 0 Å². The van der Waals surface area contributed by atoms with Gasteiger partial charge in [0.2, 0.25) is 0 Å². The van der Waals surface area contributed by atoms with Gasteiger partial charge in [0.1, 0.15) is 0 Å². The van der Waals surface area contributed by atoms with E-state index in [4.69, 9.17) is 0 Å². The van der Waals surface area contributed by atoms with E-state index in [1.165, 1.54) is 19.5 Å². The van der Waals surface area contributed by atoms with Gasteiger partial charge in [-0.05, 0) is 18.8 Å². The Labute approximate surface area is 69.1 Å². The molecule has 2 heteroatoms. The Balaban J connectivity index is 2.07. The summed E-state index contributed by atoms with van der Waals surface area (Å²) in [6.45, 7) is 11.5. The maximum absolute atomic E-state index is 3.79. The predicted molar refractivity (Wildman–Crippen MR) is 48.4 cm³/mol. The molecule has 0 unspecified atom stereocenters. The summed E-state index contributed by atoms with van der Waals surface area (Å²) >= 11 is 0. The van der Waals surface area contributed by atoms with Gasteiger partial charge in [0.15, 0.2) is 0 Å². The summed E-state index contributed by atoms with van der Waals surface area (Å²) in [4.78, 5) is 0. The van der Waals surface area contributed by atoms with Crippen LogP contribution >= 0.6 is 0 Å². The van der Waals surface area contributed by atoms with Gasteiger partial charge in [-0.1, -0.05) is 13.5 Å². The summed E-state index contributed by atoms with van der Waals surface area (Å²) in [7, 11) is 0. The molecule has 1 heterocycles. The summed E-state index contributed by atoms with van der Waals surface area (Å²) < 4.78 is 0. The van der Waals surface area contributed by atoms with E-state index in [1.807, 2.05) is 6.92 Å². The first-order valence-electron chi connectivity index (χ1n) is 4.22. The van der Waals surface area contributed by atoms with Crippen molar-refractivity contribution in [3.8, 4) is 0 Å². The average molecular weight is 154 g/mol. The average Bonchev–Trinajstić information content (AvgIpc) is 1.83. The van der Waals surface area contributed by atoms with Gasteiger partial charge in [-0.25, -0.2) is 0 Å². The van der Waals surface area contributed by atoms with Crippen molar-refractivity contribution in [2.45, 2.75) is 20.3 Å². The quantitative estimate of drug-likeness (QED) is 0.634. The molecule has 0 spiro atoms. The first-order chi connectivity index (χ1) is 5.12. The van der Waals surface area contributed by atoms with Crippen LogP contribution in [0, 0.1) is 5.41 Å². The molecular formula is C9H18N2. The minimum atomic E-state index is 0.544. The molecule has 11 heavy (non-hydrogen) atoms. The number of nitrogens with one attached hydrogen (secondary N) is 2.